The Labute approximate surface area is 209 Å². The maximum Gasteiger partial charge on any atom is 0.231 e. The van der Waals surface area contributed by atoms with Gasteiger partial charge in [-0.25, -0.2) is 14.4 Å². The molecule has 3 atom stereocenters. The molecular formula is C26H33BrFN5O. The van der Waals surface area contributed by atoms with E-state index in [4.69, 9.17) is 0 Å². The van der Waals surface area contributed by atoms with Gasteiger partial charge in [-0.2, -0.15) is 0 Å². The van der Waals surface area contributed by atoms with E-state index in [2.05, 4.69) is 56.9 Å². The predicted molar refractivity (Wildman–Crippen MR) is 135 cm³/mol. The third kappa shape index (κ3) is 4.47. The Balaban J connectivity index is 1.35. The molecule has 2 aromatic rings. The number of hydrogen-bond acceptors (Lipinski definition) is 5. The van der Waals surface area contributed by atoms with Crippen LogP contribution >= 0.6 is 15.9 Å². The molecule has 6 nitrogen and oxygen atoms in total. The highest BCUT2D eigenvalue weighted by molar-refractivity contribution is 9.10. The average Bonchev–Trinajstić information content (AvgIpc) is 3.38. The first kappa shape index (κ1) is 23.7. The highest BCUT2D eigenvalue weighted by atomic mass is 79.9. The Morgan fingerprint density at radius 3 is 2.65 bits per heavy atom. The Bertz CT molecular complexity index is 1080. The molecule has 3 aliphatic rings. The van der Waals surface area contributed by atoms with Crippen molar-refractivity contribution in [2.24, 2.45) is 0 Å². The average molecular weight is 530 g/mol. The number of hydrogen-bond donors (Lipinski definition) is 1. The van der Waals surface area contributed by atoms with Crippen molar-refractivity contribution in [3.63, 3.8) is 0 Å². The predicted octanol–water partition coefficient (Wildman–Crippen LogP) is 4.39. The number of piperazine rings is 1. The van der Waals surface area contributed by atoms with Crippen LogP contribution in [0.3, 0.4) is 0 Å². The molecule has 1 aromatic carbocycles. The highest BCUT2D eigenvalue weighted by Crippen LogP contribution is 2.38. The van der Waals surface area contributed by atoms with Crippen LogP contribution < -0.4 is 10.2 Å². The quantitative estimate of drug-likeness (QED) is 0.636. The molecule has 0 unspecified atom stereocenters. The fourth-order valence-electron chi connectivity index (χ4n) is 5.88. The van der Waals surface area contributed by atoms with E-state index >= 15 is 0 Å². The summed E-state index contributed by atoms with van der Waals surface area (Å²) >= 11 is 3.25. The summed E-state index contributed by atoms with van der Waals surface area (Å²) in [6.07, 6.45) is 5.70. The fourth-order valence-corrected chi connectivity index (χ4v) is 6.12. The molecule has 2 aliphatic heterocycles. The van der Waals surface area contributed by atoms with Gasteiger partial charge in [0, 0.05) is 49.0 Å². The summed E-state index contributed by atoms with van der Waals surface area (Å²) in [6.45, 7) is 9.33. The molecule has 1 amide bonds. The summed E-state index contributed by atoms with van der Waals surface area (Å²) in [5.74, 6) is 0.855. The number of halogens is 2. The Morgan fingerprint density at radius 2 is 1.97 bits per heavy atom. The minimum absolute atomic E-state index is 0.00733. The number of nitrogens with one attached hydrogen (secondary N) is 1. The Hall–Kier alpha value is -2.06. The molecule has 1 aromatic heterocycles. The molecule has 0 saturated carbocycles. The number of carbonyl (C=O) groups excluding carboxylic acids is 1. The third-order valence-electron chi connectivity index (χ3n) is 7.77. The van der Waals surface area contributed by atoms with Crippen LogP contribution in [0.5, 0.6) is 0 Å². The van der Waals surface area contributed by atoms with Crippen molar-refractivity contribution >= 4 is 27.7 Å². The topological polar surface area (TPSA) is 61.4 Å². The molecule has 2 saturated heterocycles. The molecule has 2 fully saturated rings. The van der Waals surface area contributed by atoms with Crippen molar-refractivity contribution < 1.29 is 9.18 Å². The monoisotopic (exact) mass is 529 g/mol. The van der Waals surface area contributed by atoms with Gasteiger partial charge in [-0.3, -0.25) is 4.79 Å². The summed E-state index contributed by atoms with van der Waals surface area (Å²) < 4.78 is 14.9. The van der Waals surface area contributed by atoms with Crippen LogP contribution in [0.2, 0.25) is 0 Å². The van der Waals surface area contributed by atoms with Gasteiger partial charge >= 0.3 is 0 Å². The lowest BCUT2D eigenvalue weighted by Gasteiger charge is -2.39. The second kappa shape index (κ2) is 9.19. The number of rotatable bonds is 4. The second-order valence-corrected chi connectivity index (χ2v) is 11.5. The maximum atomic E-state index is 14.5. The first-order valence-electron chi connectivity index (χ1n) is 12.3. The van der Waals surface area contributed by atoms with Crippen molar-refractivity contribution in [2.45, 2.75) is 69.9 Å². The SMILES string of the molecule is C[C@@H]1CCc2ncnc(N3CCN(C(=O)[C@@H](c4ccc(Br)c(F)c4)[C@@H]4CCC(C)(C)N4)CC3)c21. The van der Waals surface area contributed by atoms with E-state index in [1.807, 2.05) is 11.0 Å². The van der Waals surface area contributed by atoms with Crippen molar-refractivity contribution in [3.8, 4) is 0 Å². The van der Waals surface area contributed by atoms with E-state index in [1.54, 1.807) is 12.4 Å². The standard InChI is InChI=1S/C26H33BrFN5O/c1-16-4-7-20-22(16)24(30-15-29-20)32-10-12-33(13-11-32)25(34)23(21-8-9-26(2,3)31-21)17-5-6-18(27)19(28)14-17/h5-6,14-16,21,23,31H,4,7-13H2,1-3H3/t16-,21+,23+/m1/s1. The molecule has 0 spiro atoms. The van der Waals surface area contributed by atoms with E-state index in [-0.39, 0.29) is 23.3 Å². The number of amides is 1. The minimum atomic E-state index is -0.403. The Kier molecular flexibility index (Phi) is 6.40. The molecule has 8 heteroatoms. The van der Waals surface area contributed by atoms with Gasteiger partial charge in [0.1, 0.15) is 18.0 Å². The van der Waals surface area contributed by atoms with Gasteiger partial charge in [-0.1, -0.05) is 13.0 Å². The number of aryl methyl sites for hydroxylation is 1. The fraction of sp³-hybridized carbons (Fsp3) is 0.577. The van der Waals surface area contributed by atoms with Gasteiger partial charge in [0.25, 0.3) is 0 Å². The lowest BCUT2D eigenvalue weighted by molar-refractivity contribution is -0.133. The normalized spacial score (nSPS) is 24.9. The number of benzene rings is 1. The van der Waals surface area contributed by atoms with Crippen molar-refractivity contribution in [1.82, 2.24) is 20.2 Å². The molecular weight excluding hydrogens is 497 g/mol. The molecule has 3 heterocycles. The van der Waals surface area contributed by atoms with E-state index in [1.165, 1.54) is 17.3 Å². The molecule has 182 valence electrons. The van der Waals surface area contributed by atoms with Gasteiger partial charge in [0.2, 0.25) is 5.91 Å². The molecule has 1 aliphatic carbocycles. The van der Waals surface area contributed by atoms with Crippen LogP contribution in [0.1, 0.15) is 68.7 Å². The number of nitrogens with zero attached hydrogens (tertiary/aromatic N) is 4. The zero-order chi connectivity index (χ0) is 24.0. The lowest BCUT2D eigenvalue weighted by atomic mass is 9.88. The van der Waals surface area contributed by atoms with Crippen molar-refractivity contribution in [2.75, 3.05) is 31.1 Å². The number of aromatic nitrogens is 2. The van der Waals surface area contributed by atoms with E-state index in [0.29, 0.717) is 23.5 Å². The van der Waals surface area contributed by atoms with Crippen LogP contribution in [0.4, 0.5) is 10.2 Å². The van der Waals surface area contributed by atoms with Crippen LogP contribution in [0.25, 0.3) is 0 Å². The van der Waals surface area contributed by atoms with E-state index < -0.39 is 5.92 Å². The first-order chi connectivity index (χ1) is 16.2. The zero-order valence-electron chi connectivity index (χ0n) is 20.2. The van der Waals surface area contributed by atoms with Crippen molar-refractivity contribution in [3.05, 3.63) is 51.6 Å². The Morgan fingerprint density at radius 1 is 1.21 bits per heavy atom. The number of anilines is 1. The van der Waals surface area contributed by atoms with Crippen LogP contribution in [-0.4, -0.2) is 58.5 Å². The van der Waals surface area contributed by atoms with Gasteiger partial charge < -0.3 is 15.1 Å². The van der Waals surface area contributed by atoms with E-state index in [9.17, 15) is 9.18 Å². The zero-order valence-corrected chi connectivity index (χ0v) is 21.7. The molecule has 0 bridgehead atoms. The molecule has 1 N–H and O–H groups in total. The summed E-state index contributed by atoms with van der Waals surface area (Å²) in [5.41, 5.74) is 3.16. The minimum Gasteiger partial charge on any atom is -0.353 e. The van der Waals surface area contributed by atoms with Gasteiger partial charge in [-0.15, -0.1) is 0 Å². The van der Waals surface area contributed by atoms with E-state index in [0.717, 1.165) is 50.2 Å². The number of fused-ring (bicyclic) bond motifs is 1. The molecule has 34 heavy (non-hydrogen) atoms. The highest BCUT2D eigenvalue weighted by Gasteiger charge is 2.41. The summed E-state index contributed by atoms with van der Waals surface area (Å²) in [4.78, 5) is 27.3. The van der Waals surface area contributed by atoms with Crippen LogP contribution in [-0.2, 0) is 11.2 Å². The van der Waals surface area contributed by atoms with Crippen LogP contribution in [0, 0.1) is 5.82 Å². The van der Waals surface area contributed by atoms with Crippen molar-refractivity contribution in [1.29, 1.82) is 0 Å². The summed E-state index contributed by atoms with van der Waals surface area (Å²) in [7, 11) is 0. The maximum absolute atomic E-state index is 14.5. The van der Waals surface area contributed by atoms with Crippen LogP contribution in [0.15, 0.2) is 29.0 Å². The first-order valence-corrected chi connectivity index (χ1v) is 13.1. The van der Waals surface area contributed by atoms with Gasteiger partial charge in [0.15, 0.2) is 0 Å². The lowest BCUT2D eigenvalue weighted by Crippen LogP contribution is -2.53. The molecule has 5 rings (SSSR count). The number of carbonyl (C=O) groups is 1. The summed E-state index contributed by atoms with van der Waals surface area (Å²) in [6, 6.07) is 5.10. The molecule has 0 radical (unpaired) electrons. The smallest absolute Gasteiger partial charge is 0.231 e. The third-order valence-corrected chi connectivity index (χ3v) is 8.41. The largest absolute Gasteiger partial charge is 0.353 e. The van der Waals surface area contributed by atoms with Gasteiger partial charge in [0.05, 0.1) is 10.4 Å². The second-order valence-electron chi connectivity index (χ2n) is 10.6. The summed E-state index contributed by atoms with van der Waals surface area (Å²) in [5, 5.41) is 3.64. The van der Waals surface area contributed by atoms with Gasteiger partial charge in [-0.05, 0) is 79.1 Å².